The van der Waals surface area contributed by atoms with Gasteiger partial charge in [-0.1, -0.05) is 6.07 Å². The highest BCUT2D eigenvalue weighted by molar-refractivity contribution is 14.1. The van der Waals surface area contributed by atoms with E-state index in [1.54, 1.807) is 6.07 Å². The Balaban J connectivity index is 2.25. The Morgan fingerprint density at radius 2 is 2.32 bits per heavy atom. The fraction of sp³-hybridized carbons (Fsp3) is 0.333. The van der Waals surface area contributed by atoms with Gasteiger partial charge in [-0.05, 0) is 47.2 Å². The first-order chi connectivity index (χ1) is 9.15. The number of nitrogens with zero attached hydrogens (tertiary/aromatic N) is 3. The maximum absolute atomic E-state index is 13.1. The first-order valence-electron chi connectivity index (χ1n) is 5.93. The number of rotatable bonds is 5. The lowest BCUT2D eigenvalue weighted by Crippen LogP contribution is -2.31. The zero-order chi connectivity index (χ0) is 13.8. The minimum Gasteiger partial charge on any atom is -0.271 e. The van der Waals surface area contributed by atoms with Crippen molar-refractivity contribution < 1.29 is 4.39 Å². The third kappa shape index (κ3) is 3.28. The number of halogens is 2. The van der Waals surface area contributed by atoms with Gasteiger partial charge in [0.2, 0.25) is 0 Å². The molecule has 0 fully saturated rings. The summed E-state index contributed by atoms with van der Waals surface area (Å²) in [5.74, 6) is 6.22. The van der Waals surface area contributed by atoms with Gasteiger partial charge in [0.15, 0.2) is 0 Å². The second kappa shape index (κ2) is 6.40. The first kappa shape index (κ1) is 14.4. The summed E-state index contributed by atoms with van der Waals surface area (Å²) in [6.45, 7) is 2.76. The molecule has 0 aliphatic rings. The largest absolute Gasteiger partial charge is 0.271 e. The fourth-order valence-corrected chi connectivity index (χ4v) is 2.79. The molecule has 0 radical (unpaired) electrons. The molecule has 0 amide bonds. The van der Waals surface area contributed by atoms with Crippen LogP contribution in [0.25, 0.3) is 0 Å². The number of hydrogen-bond acceptors (Lipinski definition) is 4. The van der Waals surface area contributed by atoms with Crippen LogP contribution in [0.1, 0.15) is 24.4 Å². The van der Waals surface area contributed by atoms with E-state index in [9.17, 15) is 4.39 Å². The molecule has 102 valence electrons. The summed E-state index contributed by atoms with van der Waals surface area (Å²) in [4.78, 5) is 4.23. The molecule has 5 nitrogen and oxygen atoms in total. The maximum atomic E-state index is 13.1. The topological polar surface area (TPSA) is 68.8 Å². The number of nitrogens with one attached hydrogen (secondary N) is 1. The van der Waals surface area contributed by atoms with E-state index in [2.05, 4.69) is 38.1 Å². The van der Waals surface area contributed by atoms with Gasteiger partial charge in [0, 0.05) is 16.5 Å². The summed E-state index contributed by atoms with van der Waals surface area (Å²) in [7, 11) is 0. The zero-order valence-electron chi connectivity index (χ0n) is 10.5. The van der Waals surface area contributed by atoms with Crippen molar-refractivity contribution in [2.75, 3.05) is 0 Å². The van der Waals surface area contributed by atoms with Gasteiger partial charge in [0.25, 0.3) is 0 Å². The number of benzene rings is 1. The normalized spacial score (nSPS) is 12.6. The van der Waals surface area contributed by atoms with E-state index in [1.165, 1.54) is 18.5 Å². The molecule has 1 aromatic heterocycles. The van der Waals surface area contributed by atoms with Crippen molar-refractivity contribution in [2.45, 2.75) is 25.9 Å². The van der Waals surface area contributed by atoms with Crippen LogP contribution in [0.15, 0.2) is 24.5 Å². The summed E-state index contributed by atoms with van der Waals surface area (Å²) in [6.07, 6.45) is 2.13. The van der Waals surface area contributed by atoms with Gasteiger partial charge in [-0.15, -0.1) is 0 Å². The lowest BCUT2D eigenvalue weighted by atomic mass is 10.0. The number of hydrogen-bond donors (Lipinski definition) is 2. The lowest BCUT2D eigenvalue weighted by Gasteiger charge is -2.17. The lowest BCUT2D eigenvalue weighted by molar-refractivity contribution is 0.507. The Kier molecular flexibility index (Phi) is 4.83. The standard InChI is InChI=1S/C12H15FIN5/c1-2-19-12(16-7-17-19)6-11(18-15)9-4-3-8(13)5-10(9)14/h3-5,7,11,18H,2,6,15H2,1H3. The van der Waals surface area contributed by atoms with E-state index >= 15 is 0 Å². The molecule has 3 N–H and O–H groups in total. The quantitative estimate of drug-likeness (QED) is 0.475. The molecule has 2 rings (SSSR count). The van der Waals surface area contributed by atoms with Crippen LogP contribution in [-0.4, -0.2) is 14.8 Å². The van der Waals surface area contributed by atoms with E-state index in [1.807, 2.05) is 11.6 Å². The van der Waals surface area contributed by atoms with Crippen LogP contribution in [0, 0.1) is 9.39 Å². The Labute approximate surface area is 124 Å². The molecule has 1 aromatic carbocycles. The molecule has 19 heavy (non-hydrogen) atoms. The van der Waals surface area contributed by atoms with Crippen molar-refractivity contribution in [3.63, 3.8) is 0 Å². The smallest absolute Gasteiger partial charge is 0.138 e. The van der Waals surface area contributed by atoms with E-state index in [0.717, 1.165) is 21.5 Å². The average molecular weight is 375 g/mol. The van der Waals surface area contributed by atoms with Gasteiger partial charge in [-0.3, -0.25) is 16.0 Å². The second-order valence-electron chi connectivity index (χ2n) is 4.08. The van der Waals surface area contributed by atoms with E-state index in [-0.39, 0.29) is 11.9 Å². The molecule has 1 atom stereocenters. The number of aryl methyl sites for hydroxylation is 1. The van der Waals surface area contributed by atoms with Crippen molar-refractivity contribution in [2.24, 2.45) is 5.84 Å². The predicted molar refractivity (Wildman–Crippen MR) is 78.6 cm³/mol. The van der Waals surface area contributed by atoms with Crippen LogP contribution in [0.3, 0.4) is 0 Å². The van der Waals surface area contributed by atoms with Crippen molar-refractivity contribution in [1.82, 2.24) is 20.2 Å². The zero-order valence-corrected chi connectivity index (χ0v) is 12.6. The molecule has 0 spiro atoms. The summed E-state index contributed by atoms with van der Waals surface area (Å²) >= 11 is 2.11. The summed E-state index contributed by atoms with van der Waals surface area (Å²) in [5.41, 5.74) is 3.71. The molecule has 0 saturated heterocycles. The van der Waals surface area contributed by atoms with Crippen LogP contribution in [-0.2, 0) is 13.0 Å². The van der Waals surface area contributed by atoms with Crippen LogP contribution < -0.4 is 11.3 Å². The minimum absolute atomic E-state index is 0.123. The Hall–Kier alpha value is -1.06. The highest BCUT2D eigenvalue weighted by Crippen LogP contribution is 2.23. The third-order valence-corrected chi connectivity index (χ3v) is 3.86. The van der Waals surface area contributed by atoms with Crippen molar-refractivity contribution in [1.29, 1.82) is 0 Å². The number of aromatic nitrogens is 3. The SMILES string of the molecule is CCn1ncnc1CC(NN)c1ccc(F)cc1I. The Morgan fingerprint density at radius 1 is 1.53 bits per heavy atom. The second-order valence-corrected chi connectivity index (χ2v) is 5.24. The number of hydrazine groups is 1. The van der Waals surface area contributed by atoms with Gasteiger partial charge >= 0.3 is 0 Å². The van der Waals surface area contributed by atoms with E-state index in [4.69, 9.17) is 5.84 Å². The fourth-order valence-electron chi connectivity index (χ4n) is 1.94. The molecule has 0 bridgehead atoms. The van der Waals surface area contributed by atoms with Gasteiger partial charge < -0.3 is 0 Å². The van der Waals surface area contributed by atoms with Crippen LogP contribution in [0.2, 0.25) is 0 Å². The molecule has 0 saturated carbocycles. The monoisotopic (exact) mass is 375 g/mol. The summed E-state index contributed by atoms with van der Waals surface area (Å²) < 4.78 is 15.8. The summed E-state index contributed by atoms with van der Waals surface area (Å²) in [5, 5.41) is 4.13. The molecule has 1 heterocycles. The predicted octanol–water partition coefficient (Wildman–Crippen LogP) is 1.79. The highest BCUT2D eigenvalue weighted by Gasteiger charge is 2.17. The van der Waals surface area contributed by atoms with Crippen LogP contribution in [0.4, 0.5) is 4.39 Å². The number of nitrogens with two attached hydrogens (primary N) is 1. The van der Waals surface area contributed by atoms with Crippen LogP contribution in [0.5, 0.6) is 0 Å². The van der Waals surface area contributed by atoms with Crippen molar-refractivity contribution in [3.05, 3.63) is 45.3 Å². The van der Waals surface area contributed by atoms with E-state index < -0.39 is 0 Å². The molecular weight excluding hydrogens is 360 g/mol. The average Bonchev–Trinajstić information content (AvgIpc) is 2.84. The Bertz CT molecular complexity index is 557. The van der Waals surface area contributed by atoms with Gasteiger partial charge in [-0.2, -0.15) is 5.10 Å². The minimum atomic E-state index is -0.249. The maximum Gasteiger partial charge on any atom is 0.138 e. The van der Waals surface area contributed by atoms with Crippen molar-refractivity contribution >= 4 is 22.6 Å². The van der Waals surface area contributed by atoms with Gasteiger partial charge in [0.05, 0.1) is 6.04 Å². The molecule has 0 aliphatic heterocycles. The molecule has 0 aliphatic carbocycles. The van der Waals surface area contributed by atoms with Gasteiger partial charge in [-0.25, -0.2) is 9.37 Å². The molecule has 7 heteroatoms. The molecule has 2 aromatic rings. The van der Waals surface area contributed by atoms with Gasteiger partial charge in [0.1, 0.15) is 18.0 Å². The summed E-state index contributed by atoms with van der Waals surface area (Å²) in [6, 6.07) is 4.55. The molecule has 1 unspecified atom stereocenters. The third-order valence-electron chi connectivity index (χ3n) is 2.92. The van der Waals surface area contributed by atoms with Crippen LogP contribution >= 0.6 is 22.6 Å². The highest BCUT2D eigenvalue weighted by atomic mass is 127. The molecular formula is C12H15FIN5. The van der Waals surface area contributed by atoms with E-state index in [0.29, 0.717) is 6.42 Å². The first-order valence-corrected chi connectivity index (χ1v) is 7.01. The van der Waals surface area contributed by atoms with Crippen molar-refractivity contribution in [3.8, 4) is 0 Å². The Morgan fingerprint density at radius 3 is 2.95 bits per heavy atom.